The molecule has 0 atom stereocenters. The first-order valence-corrected chi connectivity index (χ1v) is 13.2. The number of anilines is 1. The number of hydrogen-bond acceptors (Lipinski definition) is 6. The molecule has 0 saturated carbocycles. The molecular weight excluding hydrogens is 552 g/mol. The van der Waals surface area contributed by atoms with Gasteiger partial charge in [0.1, 0.15) is 5.57 Å². The van der Waals surface area contributed by atoms with Crippen LogP contribution in [0.15, 0.2) is 94.2 Å². The quantitative estimate of drug-likeness (QED) is 0.122. The second-order valence-electron chi connectivity index (χ2n) is 8.94. The summed E-state index contributed by atoms with van der Waals surface area (Å²) in [4.78, 5) is 51.6. The number of carbonyl (C=O) groups excluding carboxylic acids is 3. The minimum atomic E-state index is -0.827. The van der Waals surface area contributed by atoms with E-state index in [0.29, 0.717) is 16.3 Å². The zero-order valence-corrected chi connectivity index (χ0v) is 22.8. The highest BCUT2D eigenvalue weighted by atomic mass is 35.5. The summed E-state index contributed by atoms with van der Waals surface area (Å²) in [5.74, 6) is -1.49. The number of non-ortho nitro benzene ring substituents is 1. The van der Waals surface area contributed by atoms with Crippen molar-refractivity contribution in [1.82, 2.24) is 9.88 Å². The number of nitro groups is 1. The number of aromatic nitrogens is 1. The highest BCUT2D eigenvalue weighted by molar-refractivity contribution is 7.99. The van der Waals surface area contributed by atoms with Crippen molar-refractivity contribution >= 4 is 58.7 Å². The molecule has 1 aliphatic rings. The predicted molar refractivity (Wildman–Crippen MR) is 153 cm³/mol. The van der Waals surface area contributed by atoms with Crippen molar-refractivity contribution in [2.75, 3.05) is 4.90 Å². The fourth-order valence-electron chi connectivity index (χ4n) is 4.40. The van der Waals surface area contributed by atoms with Crippen LogP contribution < -0.4 is 10.2 Å². The van der Waals surface area contributed by atoms with Gasteiger partial charge >= 0.3 is 6.03 Å². The number of nitro benzene ring substituents is 1. The van der Waals surface area contributed by atoms with Crippen LogP contribution in [0.5, 0.6) is 0 Å². The third kappa shape index (κ3) is 5.27. The monoisotopic (exact) mass is 572 g/mol. The van der Waals surface area contributed by atoms with Gasteiger partial charge in [-0.3, -0.25) is 25.0 Å². The molecule has 4 aromatic rings. The number of carbonyl (C=O) groups is 3. The minimum absolute atomic E-state index is 0.0423. The summed E-state index contributed by atoms with van der Waals surface area (Å²) in [5.41, 5.74) is 3.40. The van der Waals surface area contributed by atoms with Crippen LogP contribution in [0, 0.1) is 24.0 Å². The summed E-state index contributed by atoms with van der Waals surface area (Å²) >= 11 is 7.42. The second kappa shape index (κ2) is 10.8. The molecule has 0 aliphatic carbocycles. The van der Waals surface area contributed by atoms with Crippen LogP contribution in [0.4, 0.5) is 16.2 Å². The van der Waals surface area contributed by atoms with E-state index in [1.807, 2.05) is 48.7 Å². The molecule has 1 fully saturated rings. The van der Waals surface area contributed by atoms with Crippen LogP contribution in [-0.4, -0.2) is 27.3 Å². The number of benzene rings is 3. The van der Waals surface area contributed by atoms with Crippen molar-refractivity contribution in [2.24, 2.45) is 0 Å². The van der Waals surface area contributed by atoms with Crippen molar-refractivity contribution in [2.45, 2.75) is 23.6 Å². The Labute approximate surface area is 238 Å². The van der Waals surface area contributed by atoms with Crippen LogP contribution >= 0.6 is 23.4 Å². The number of urea groups is 1. The lowest BCUT2D eigenvalue weighted by molar-refractivity contribution is -0.384. The molecule has 4 amide bonds. The van der Waals surface area contributed by atoms with Gasteiger partial charge in [-0.1, -0.05) is 23.4 Å². The first kappa shape index (κ1) is 26.9. The molecule has 1 saturated heterocycles. The summed E-state index contributed by atoms with van der Waals surface area (Å²) in [6.07, 6.45) is 1.49. The average molecular weight is 573 g/mol. The summed E-state index contributed by atoms with van der Waals surface area (Å²) in [7, 11) is 0. The number of amides is 4. The van der Waals surface area contributed by atoms with E-state index in [1.165, 1.54) is 42.1 Å². The molecule has 9 nitrogen and oxygen atoms in total. The molecular formula is C29H21ClN4O5S. The lowest BCUT2D eigenvalue weighted by atomic mass is 10.1. The smallest absolute Gasteiger partial charge is 0.318 e. The van der Waals surface area contributed by atoms with Crippen molar-refractivity contribution < 1.29 is 19.3 Å². The predicted octanol–water partition coefficient (Wildman–Crippen LogP) is 6.47. The fourth-order valence-corrected chi connectivity index (χ4v) is 5.35. The molecule has 3 aromatic carbocycles. The highest BCUT2D eigenvalue weighted by Crippen LogP contribution is 2.31. The number of nitrogens with one attached hydrogen (secondary N) is 1. The fraction of sp³-hybridized carbons (Fsp3) is 0.0690. The Bertz CT molecular complexity index is 1690. The van der Waals surface area contributed by atoms with Crippen LogP contribution in [0.25, 0.3) is 11.8 Å². The summed E-state index contributed by atoms with van der Waals surface area (Å²) in [5, 5.41) is 13.6. The number of halogens is 1. The van der Waals surface area contributed by atoms with Gasteiger partial charge in [-0.15, -0.1) is 0 Å². The molecule has 0 bridgehead atoms. The maximum absolute atomic E-state index is 13.2. The molecule has 0 radical (unpaired) electrons. The third-order valence-corrected chi connectivity index (χ3v) is 7.60. The molecule has 200 valence electrons. The van der Waals surface area contributed by atoms with Crippen LogP contribution in [0.3, 0.4) is 0 Å². The van der Waals surface area contributed by atoms with Gasteiger partial charge in [0.15, 0.2) is 0 Å². The molecule has 1 aliphatic heterocycles. The highest BCUT2D eigenvalue weighted by Gasteiger charge is 2.37. The molecule has 1 N–H and O–H groups in total. The van der Waals surface area contributed by atoms with Gasteiger partial charge in [0, 0.05) is 44.0 Å². The molecule has 0 spiro atoms. The van der Waals surface area contributed by atoms with Gasteiger partial charge in [0.2, 0.25) is 0 Å². The van der Waals surface area contributed by atoms with Gasteiger partial charge in [-0.25, -0.2) is 9.69 Å². The number of nitrogens with zero attached hydrogens (tertiary/aromatic N) is 3. The lowest BCUT2D eigenvalue weighted by Crippen LogP contribution is -2.54. The Hall–Kier alpha value is -4.67. The number of hydrogen-bond donors (Lipinski definition) is 1. The molecule has 40 heavy (non-hydrogen) atoms. The van der Waals surface area contributed by atoms with Gasteiger partial charge in [-0.05, 0) is 92.2 Å². The zero-order chi connectivity index (χ0) is 28.6. The second-order valence-corrected chi connectivity index (χ2v) is 10.5. The lowest BCUT2D eigenvalue weighted by Gasteiger charge is -2.26. The van der Waals surface area contributed by atoms with Gasteiger partial charge in [-0.2, -0.15) is 0 Å². The van der Waals surface area contributed by atoms with E-state index in [2.05, 4.69) is 5.32 Å². The van der Waals surface area contributed by atoms with Crippen molar-refractivity contribution in [3.63, 3.8) is 0 Å². The number of rotatable bonds is 6. The van der Waals surface area contributed by atoms with E-state index < -0.39 is 22.8 Å². The topological polar surface area (TPSA) is 115 Å². The van der Waals surface area contributed by atoms with E-state index in [1.54, 1.807) is 24.3 Å². The number of barbiturate groups is 1. The normalized spacial score (nSPS) is 14.5. The Balaban J connectivity index is 1.41. The Morgan fingerprint density at radius 2 is 1.45 bits per heavy atom. The maximum atomic E-state index is 13.2. The third-order valence-electron chi connectivity index (χ3n) is 6.33. The largest absolute Gasteiger partial charge is 0.335 e. The van der Waals surface area contributed by atoms with Crippen LogP contribution in [0.2, 0.25) is 5.02 Å². The van der Waals surface area contributed by atoms with E-state index in [9.17, 15) is 24.5 Å². The standard InChI is InChI=1S/C29H21ClN4O5S/c1-17-15-19(16-26-27(35)31-29(37)33(28(26)36)22-5-3-20(30)4-6-22)18(2)32(17)21-7-11-24(12-8-21)40-25-13-9-23(10-14-25)34(38)39/h3-16H,1-2H3,(H,31,35,37)/b26-16+. The molecule has 11 heteroatoms. The first-order valence-electron chi connectivity index (χ1n) is 12.0. The van der Waals surface area contributed by atoms with Crippen LogP contribution in [-0.2, 0) is 9.59 Å². The van der Waals surface area contributed by atoms with Gasteiger partial charge in [0.05, 0.1) is 10.6 Å². The van der Waals surface area contributed by atoms with E-state index >= 15 is 0 Å². The van der Waals surface area contributed by atoms with Gasteiger partial charge < -0.3 is 4.57 Å². The Morgan fingerprint density at radius 1 is 0.875 bits per heavy atom. The molecule has 1 aromatic heterocycles. The number of aryl methyl sites for hydroxylation is 1. The van der Waals surface area contributed by atoms with Crippen LogP contribution in [0.1, 0.15) is 17.0 Å². The molecule has 5 rings (SSSR count). The van der Waals surface area contributed by atoms with Crippen molar-refractivity contribution in [3.05, 3.63) is 117 Å². The molecule has 0 unspecified atom stereocenters. The summed E-state index contributed by atoms with van der Waals surface area (Å²) in [6, 6.07) is 21.4. The maximum Gasteiger partial charge on any atom is 0.335 e. The van der Waals surface area contributed by atoms with E-state index in [-0.39, 0.29) is 11.3 Å². The Kier molecular flexibility index (Phi) is 7.29. The number of imide groups is 2. The average Bonchev–Trinajstić information content (AvgIpc) is 3.20. The first-order chi connectivity index (χ1) is 19.1. The molecule has 2 heterocycles. The minimum Gasteiger partial charge on any atom is -0.318 e. The van der Waals surface area contributed by atoms with E-state index in [0.717, 1.165) is 31.8 Å². The SMILES string of the molecule is Cc1cc(/C=C2\C(=O)NC(=O)N(c3ccc(Cl)cc3)C2=O)c(C)n1-c1ccc(Sc2ccc([N+](=O)[O-])cc2)cc1. The zero-order valence-electron chi connectivity index (χ0n) is 21.3. The Morgan fingerprint density at radius 3 is 2.05 bits per heavy atom. The van der Waals surface area contributed by atoms with E-state index in [4.69, 9.17) is 11.6 Å². The summed E-state index contributed by atoms with van der Waals surface area (Å²) in [6.45, 7) is 3.80. The van der Waals surface area contributed by atoms with Crippen molar-refractivity contribution in [3.8, 4) is 5.69 Å². The van der Waals surface area contributed by atoms with Gasteiger partial charge in [0.25, 0.3) is 17.5 Å². The summed E-state index contributed by atoms with van der Waals surface area (Å²) < 4.78 is 2.00. The van der Waals surface area contributed by atoms with Crippen molar-refractivity contribution in [1.29, 1.82) is 0 Å².